The van der Waals surface area contributed by atoms with Gasteiger partial charge in [-0.25, -0.2) is 4.79 Å². The van der Waals surface area contributed by atoms with E-state index in [4.69, 9.17) is 15.3 Å². The van der Waals surface area contributed by atoms with E-state index in [0.717, 1.165) is 0 Å². The van der Waals surface area contributed by atoms with E-state index in [1.807, 2.05) is 0 Å². The maximum atomic E-state index is 9.72. The summed E-state index contributed by atoms with van der Waals surface area (Å²) in [6.45, 7) is 0. The fourth-order valence-corrected chi connectivity index (χ4v) is 0.253. The summed E-state index contributed by atoms with van der Waals surface area (Å²) in [4.78, 5) is 19.4. The van der Waals surface area contributed by atoms with Crippen molar-refractivity contribution in [3.8, 4) is 0 Å². The first-order chi connectivity index (χ1) is 4.04. The van der Waals surface area contributed by atoms with Crippen LogP contribution in [-0.4, -0.2) is 78.8 Å². The summed E-state index contributed by atoms with van der Waals surface area (Å²) in [5.41, 5.74) is 0. The number of hydrogen-bond donors (Lipinski definition) is 3. The standard InChI is InChI=1S/C4H6O5.Sr.2H/c5-2(4(8)9)1-3(6)7;;;/h2,5H,1H2,(H,6,7)(H,8,9);;;/p+1. The molecular formula is C4H9O5Sr+. The number of aliphatic hydroxyl groups is 1. The van der Waals surface area contributed by atoms with Gasteiger partial charge in [-0.1, -0.05) is 0 Å². The molecule has 0 rings (SSSR count). The van der Waals surface area contributed by atoms with Gasteiger partial charge in [0, 0.05) is 0 Å². The van der Waals surface area contributed by atoms with Gasteiger partial charge >= 0.3 is 58.8 Å². The van der Waals surface area contributed by atoms with Crippen molar-refractivity contribution in [1.82, 2.24) is 0 Å². The van der Waals surface area contributed by atoms with Gasteiger partial charge in [-0.2, -0.15) is 0 Å². The quantitative estimate of drug-likeness (QED) is 0.487. The van der Waals surface area contributed by atoms with Gasteiger partial charge in [0.05, 0.1) is 6.42 Å². The molecule has 1 atom stereocenters. The molecule has 5 nitrogen and oxygen atoms in total. The summed E-state index contributed by atoms with van der Waals surface area (Å²) < 4.78 is 0. The third-order valence-electron chi connectivity index (χ3n) is 0.653. The third-order valence-corrected chi connectivity index (χ3v) is 0.653. The van der Waals surface area contributed by atoms with Crippen LogP contribution in [0.4, 0.5) is 0 Å². The number of carboxylic acids is 2. The molecule has 0 aliphatic rings. The molecule has 0 saturated heterocycles. The average molecular weight is 225 g/mol. The SMILES string of the molecule is O=C(O)CC(O)C(=O)O.[H+].[SrH2]. The fourth-order valence-electron chi connectivity index (χ4n) is 0.253. The van der Waals surface area contributed by atoms with Crippen molar-refractivity contribution in [3.05, 3.63) is 0 Å². The zero-order valence-corrected chi connectivity index (χ0v) is 4.44. The second kappa shape index (κ2) is 6.11. The number of carbonyl (C=O) groups is 2. The van der Waals surface area contributed by atoms with Gasteiger partial charge in [0.15, 0.2) is 6.10 Å². The molecule has 0 spiro atoms. The summed E-state index contributed by atoms with van der Waals surface area (Å²) >= 11 is 0. The molecule has 0 aliphatic carbocycles. The molecule has 0 aromatic carbocycles. The van der Waals surface area contributed by atoms with E-state index in [9.17, 15) is 9.59 Å². The van der Waals surface area contributed by atoms with Gasteiger partial charge in [0.1, 0.15) is 0 Å². The maximum absolute atomic E-state index is 9.72. The van der Waals surface area contributed by atoms with Gasteiger partial charge in [-0.05, 0) is 0 Å². The van der Waals surface area contributed by atoms with Crippen molar-refractivity contribution in [1.29, 1.82) is 0 Å². The first-order valence-electron chi connectivity index (χ1n) is 2.16. The molecule has 6 heteroatoms. The number of rotatable bonds is 3. The van der Waals surface area contributed by atoms with E-state index in [-0.39, 0.29) is 46.9 Å². The average Bonchev–Trinajstić information content (AvgIpc) is 1.63. The molecule has 0 radical (unpaired) electrons. The van der Waals surface area contributed by atoms with E-state index in [1.165, 1.54) is 0 Å². The van der Waals surface area contributed by atoms with Crippen LogP contribution in [0.2, 0.25) is 0 Å². The predicted octanol–water partition coefficient (Wildman–Crippen LogP) is -1.90. The second-order valence-electron chi connectivity index (χ2n) is 1.45. The van der Waals surface area contributed by atoms with E-state index in [0.29, 0.717) is 0 Å². The molecule has 0 aliphatic heterocycles. The number of hydrogen-bond acceptors (Lipinski definition) is 3. The van der Waals surface area contributed by atoms with Crippen molar-refractivity contribution in [2.24, 2.45) is 0 Å². The van der Waals surface area contributed by atoms with Crippen LogP contribution in [0, 0.1) is 0 Å². The van der Waals surface area contributed by atoms with Crippen molar-refractivity contribution < 1.29 is 26.3 Å². The van der Waals surface area contributed by atoms with E-state index in [2.05, 4.69) is 0 Å². The Morgan fingerprint density at radius 2 is 1.80 bits per heavy atom. The fraction of sp³-hybridized carbons (Fsp3) is 0.500. The van der Waals surface area contributed by atoms with Crippen molar-refractivity contribution in [2.45, 2.75) is 12.5 Å². The molecule has 0 heterocycles. The Kier molecular flexibility index (Phi) is 7.95. The molecule has 3 N–H and O–H groups in total. The van der Waals surface area contributed by atoms with Crippen molar-refractivity contribution >= 4 is 57.4 Å². The molecule has 56 valence electrons. The Hall–Kier alpha value is 0.381. The predicted molar refractivity (Wildman–Crippen MR) is 35.6 cm³/mol. The summed E-state index contributed by atoms with van der Waals surface area (Å²) in [7, 11) is 0. The van der Waals surface area contributed by atoms with Gasteiger partial charge in [-0.15, -0.1) is 0 Å². The third kappa shape index (κ3) is 6.50. The Balaban J connectivity index is -0.000000320. The first-order valence-corrected chi connectivity index (χ1v) is 2.16. The van der Waals surface area contributed by atoms with Gasteiger partial charge in [-0.3, -0.25) is 4.79 Å². The molecule has 0 saturated carbocycles. The summed E-state index contributed by atoms with van der Waals surface area (Å²) in [6.07, 6.45) is -2.54. The number of carboxylic acid groups (broad SMARTS) is 2. The second-order valence-corrected chi connectivity index (χ2v) is 1.45. The summed E-state index contributed by atoms with van der Waals surface area (Å²) in [5, 5.41) is 24.1. The molecule has 0 aromatic heterocycles. The topological polar surface area (TPSA) is 94.8 Å². The van der Waals surface area contributed by atoms with E-state index in [1.54, 1.807) is 0 Å². The molecule has 1 unspecified atom stereocenters. The Morgan fingerprint density at radius 1 is 1.40 bits per heavy atom. The normalized spacial score (nSPS) is 11.3. The van der Waals surface area contributed by atoms with Crippen LogP contribution < -0.4 is 0 Å². The van der Waals surface area contributed by atoms with Gasteiger partial charge in [0.2, 0.25) is 0 Å². The van der Waals surface area contributed by atoms with Crippen LogP contribution in [0.3, 0.4) is 0 Å². The minimum absolute atomic E-state index is 0. The monoisotopic (exact) mass is 225 g/mol. The van der Waals surface area contributed by atoms with Crippen molar-refractivity contribution in [3.63, 3.8) is 0 Å². The molecule has 0 amide bonds. The van der Waals surface area contributed by atoms with Crippen LogP contribution in [0.15, 0.2) is 0 Å². The number of aliphatic carboxylic acids is 2. The van der Waals surface area contributed by atoms with Crippen LogP contribution >= 0.6 is 0 Å². The van der Waals surface area contributed by atoms with Crippen molar-refractivity contribution in [2.75, 3.05) is 0 Å². The zero-order valence-electron chi connectivity index (χ0n) is 5.44. The van der Waals surface area contributed by atoms with Crippen LogP contribution in [0.5, 0.6) is 0 Å². The molecule has 0 fully saturated rings. The van der Waals surface area contributed by atoms with Gasteiger partial charge < -0.3 is 15.3 Å². The van der Waals surface area contributed by atoms with Crippen LogP contribution in [-0.2, 0) is 9.59 Å². The van der Waals surface area contributed by atoms with Crippen LogP contribution in [0.1, 0.15) is 7.85 Å². The van der Waals surface area contributed by atoms with E-state index < -0.39 is 24.5 Å². The molecule has 0 aromatic rings. The zero-order chi connectivity index (χ0) is 7.44. The molecule has 10 heavy (non-hydrogen) atoms. The van der Waals surface area contributed by atoms with Gasteiger partial charge in [0.25, 0.3) is 0 Å². The summed E-state index contributed by atoms with van der Waals surface area (Å²) in [6, 6.07) is 0. The minimum atomic E-state index is -1.79. The Labute approximate surface area is 95.4 Å². The summed E-state index contributed by atoms with van der Waals surface area (Å²) in [5.74, 6) is -2.85. The molecular weight excluding hydrogens is 216 g/mol. The first kappa shape index (κ1) is 13.0. The molecule has 0 bridgehead atoms. The Morgan fingerprint density at radius 3 is 1.90 bits per heavy atom. The van der Waals surface area contributed by atoms with E-state index >= 15 is 0 Å². The van der Waals surface area contributed by atoms with Crippen LogP contribution in [0.25, 0.3) is 0 Å². The Bertz CT molecular complexity index is 138. The number of aliphatic hydroxyl groups excluding tert-OH is 1.